The first kappa shape index (κ1) is 32.3. The van der Waals surface area contributed by atoms with Crippen LogP contribution in [0, 0.1) is 12.1 Å². The fraction of sp³-hybridized carbons (Fsp3) is 0.219. The van der Waals surface area contributed by atoms with Gasteiger partial charge in [0.25, 0.3) is 11.8 Å². The minimum atomic E-state index is -0.606. The Morgan fingerprint density at radius 3 is 2.44 bits per heavy atom. The van der Waals surface area contributed by atoms with Crippen molar-refractivity contribution in [3.63, 3.8) is 0 Å². The lowest BCUT2D eigenvalue weighted by Crippen LogP contribution is -2.49. The Morgan fingerprint density at radius 2 is 1.79 bits per heavy atom. The van der Waals surface area contributed by atoms with Crippen molar-refractivity contribution in [1.29, 1.82) is 0 Å². The van der Waals surface area contributed by atoms with Crippen LogP contribution >= 0.6 is 11.6 Å². The van der Waals surface area contributed by atoms with Gasteiger partial charge in [0.15, 0.2) is 0 Å². The van der Waals surface area contributed by atoms with Gasteiger partial charge in [-0.1, -0.05) is 28.9 Å². The van der Waals surface area contributed by atoms with Gasteiger partial charge >= 0.3 is 6.03 Å². The molecule has 3 aromatic carbocycles. The van der Waals surface area contributed by atoms with Crippen LogP contribution in [0.1, 0.15) is 26.5 Å². The molecule has 0 bridgehead atoms. The summed E-state index contributed by atoms with van der Waals surface area (Å²) in [7, 11) is 1.54. The number of nitrogens with one attached hydrogen (secondary N) is 2. The molecule has 0 unspecified atom stereocenters. The zero-order valence-corrected chi connectivity index (χ0v) is 26.5. The van der Waals surface area contributed by atoms with E-state index >= 15 is 0 Å². The zero-order chi connectivity index (χ0) is 34.1. The molecule has 0 spiro atoms. The molecule has 5 amide bonds. The largest absolute Gasteiger partial charge is 0.733 e. The summed E-state index contributed by atoms with van der Waals surface area (Å²) in [5, 5.41) is 30.5. The highest BCUT2D eigenvalue weighted by molar-refractivity contribution is 6.34. The molecule has 0 atom stereocenters. The molecule has 3 N–H and O–H groups in total. The van der Waals surface area contributed by atoms with E-state index in [1.165, 1.54) is 48.4 Å². The summed E-state index contributed by atoms with van der Waals surface area (Å²) in [6.07, 6.45) is 0. The Bertz CT molecular complexity index is 1900. The summed E-state index contributed by atoms with van der Waals surface area (Å²) < 4.78 is 10.9. The predicted molar refractivity (Wildman–Crippen MR) is 176 cm³/mol. The average molecular weight is 675 g/mol. The second-order valence-corrected chi connectivity index (χ2v) is 11.4. The first-order valence-corrected chi connectivity index (χ1v) is 15.1. The van der Waals surface area contributed by atoms with Crippen LogP contribution in [0.15, 0.2) is 65.2 Å². The number of nitrogens with zero attached hydrogens (tertiary/aromatic N) is 5. The summed E-state index contributed by atoms with van der Waals surface area (Å²) in [4.78, 5) is 55.2. The number of halogens is 1. The van der Waals surface area contributed by atoms with Crippen LogP contribution in [0.4, 0.5) is 27.5 Å². The third kappa shape index (κ3) is 6.21. The topological polar surface area (TPSA) is 184 Å². The van der Waals surface area contributed by atoms with Gasteiger partial charge in [0.1, 0.15) is 29.3 Å². The number of hydrogen-bond acceptors (Lipinski definition) is 11. The van der Waals surface area contributed by atoms with E-state index in [1.54, 1.807) is 24.0 Å². The maximum Gasteiger partial charge on any atom is 0.329 e. The van der Waals surface area contributed by atoms with Crippen molar-refractivity contribution in [2.45, 2.75) is 6.92 Å². The fourth-order valence-electron chi connectivity index (χ4n) is 5.65. The summed E-state index contributed by atoms with van der Waals surface area (Å²) in [5.74, 6) is -0.370. The summed E-state index contributed by atoms with van der Waals surface area (Å²) >= 11 is 6.55. The molecule has 3 heterocycles. The monoisotopic (exact) mass is 674 g/mol. The molecule has 1 aromatic heterocycles. The Morgan fingerprint density at radius 1 is 1.08 bits per heavy atom. The van der Waals surface area contributed by atoms with Crippen molar-refractivity contribution in [2.75, 3.05) is 60.2 Å². The van der Waals surface area contributed by atoms with Crippen LogP contribution in [-0.4, -0.2) is 78.9 Å². The van der Waals surface area contributed by atoms with Crippen LogP contribution < -0.4 is 30.4 Å². The fourth-order valence-corrected chi connectivity index (χ4v) is 5.92. The first-order chi connectivity index (χ1) is 23.0. The van der Waals surface area contributed by atoms with Crippen LogP contribution in [0.25, 0.3) is 11.3 Å². The number of aryl methyl sites for hydroxylation is 1. The molecule has 248 valence electrons. The number of carbonyl (C=O) groups excluding carboxylic acids is 4. The number of methoxy groups -OCH3 is 1. The number of para-hydroxylation sites is 1. The number of rotatable bonds is 8. The Kier molecular flexibility index (Phi) is 8.90. The van der Waals surface area contributed by atoms with E-state index in [4.69, 9.17) is 20.9 Å². The number of aromatic nitrogens is 1. The van der Waals surface area contributed by atoms with Gasteiger partial charge in [0.2, 0.25) is 5.91 Å². The third-order valence-corrected chi connectivity index (χ3v) is 8.40. The van der Waals surface area contributed by atoms with Gasteiger partial charge in [-0.25, -0.2) is 4.79 Å². The lowest BCUT2D eigenvalue weighted by molar-refractivity contribution is -0.117. The SMILES string of the molecule is COc1ccccc1-c1noc(C)c1C(=O)N1CCN(c2cc(NC(=O)c3ccc(N4CC(=O)NC4=O)cc3)c(N([O-])O)cc2Cl)CC1. The molecule has 0 radical (unpaired) electrons. The van der Waals surface area contributed by atoms with Gasteiger partial charge in [0.05, 0.1) is 29.2 Å². The van der Waals surface area contributed by atoms with E-state index in [0.717, 1.165) is 0 Å². The zero-order valence-electron chi connectivity index (χ0n) is 25.7. The van der Waals surface area contributed by atoms with Crippen molar-refractivity contribution in [3.8, 4) is 17.0 Å². The number of benzene rings is 3. The van der Waals surface area contributed by atoms with E-state index in [9.17, 15) is 29.6 Å². The van der Waals surface area contributed by atoms with E-state index in [-0.39, 0.29) is 34.4 Å². The van der Waals surface area contributed by atoms with Crippen molar-refractivity contribution >= 4 is 58.1 Å². The number of ether oxygens (including phenoxy) is 1. The highest BCUT2D eigenvalue weighted by atomic mass is 35.5. The maximum absolute atomic E-state index is 13.7. The molecule has 6 rings (SSSR count). The molecule has 48 heavy (non-hydrogen) atoms. The summed E-state index contributed by atoms with van der Waals surface area (Å²) in [5.41, 5.74) is 2.12. The Hall–Kier alpha value is -5.64. The van der Waals surface area contributed by atoms with Gasteiger partial charge < -0.3 is 34.8 Å². The van der Waals surface area contributed by atoms with Crippen LogP contribution in [0.2, 0.25) is 5.02 Å². The summed E-state index contributed by atoms with van der Waals surface area (Å²) in [6, 6.07) is 15.3. The van der Waals surface area contributed by atoms with Gasteiger partial charge in [-0.2, -0.15) is 0 Å². The lowest BCUT2D eigenvalue weighted by Gasteiger charge is -2.37. The minimum absolute atomic E-state index is 0.00875. The first-order valence-electron chi connectivity index (χ1n) is 14.7. The van der Waals surface area contributed by atoms with Crippen LogP contribution in [-0.2, 0) is 4.79 Å². The van der Waals surface area contributed by atoms with E-state index in [0.29, 0.717) is 65.9 Å². The molecule has 4 aromatic rings. The lowest BCUT2D eigenvalue weighted by atomic mass is 10.0. The predicted octanol–water partition coefficient (Wildman–Crippen LogP) is 4.28. The highest BCUT2D eigenvalue weighted by Crippen LogP contribution is 2.38. The average Bonchev–Trinajstić information content (AvgIpc) is 3.65. The molecule has 16 heteroatoms. The molecular weight excluding hydrogens is 646 g/mol. The second-order valence-electron chi connectivity index (χ2n) is 11.0. The Labute approximate surface area is 278 Å². The molecule has 15 nitrogen and oxygen atoms in total. The number of anilines is 4. The quantitative estimate of drug-likeness (QED) is 0.179. The maximum atomic E-state index is 13.7. The van der Waals surface area contributed by atoms with Crippen LogP contribution in [0.5, 0.6) is 5.75 Å². The molecule has 2 aliphatic rings. The standard InChI is InChI=1S/C32H29ClN7O8/c1-18-28(29(36-48-18)21-5-3-4-6-26(21)47-2)31(43)38-13-11-37(12-14-38)24-16-23(25(40(45)46)15-22(24)33)34-30(42)19-7-9-20(10-8-19)39-17-27(41)35-32(39)44/h3-10,15-16,45H,11-14,17H2,1-2H3,(H,34,42)(H,35,41,44)/q-1. The summed E-state index contributed by atoms with van der Waals surface area (Å²) in [6.45, 7) is 2.89. The number of hydrogen-bond donors (Lipinski definition) is 3. The molecular formula is C32H29ClN7O8-. The third-order valence-electron chi connectivity index (χ3n) is 8.10. The van der Waals surface area contributed by atoms with E-state index in [2.05, 4.69) is 15.8 Å². The molecule has 0 aliphatic carbocycles. The van der Waals surface area contributed by atoms with Gasteiger partial charge in [-0.05, 0) is 55.5 Å². The number of piperazine rings is 1. The molecule has 2 aliphatic heterocycles. The van der Waals surface area contributed by atoms with Crippen LogP contribution in [0.3, 0.4) is 0 Å². The van der Waals surface area contributed by atoms with Crippen molar-refractivity contribution in [3.05, 3.63) is 87.8 Å². The number of imide groups is 1. The van der Waals surface area contributed by atoms with Gasteiger partial charge in [0, 0.05) is 43.0 Å². The molecule has 2 saturated heterocycles. The smallest absolute Gasteiger partial charge is 0.329 e. The second kappa shape index (κ2) is 13.2. The number of amides is 5. The van der Waals surface area contributed by atoms with Gasteiger partial charge in [-0.3, -0.25) is 29.8 Å². The normalized spacial score (nSPS) is 14.6. The Balaban J connectivity index is 1.18. The van der Waals surface area contributed by atoms with Crippen molar-refractivity contribution in [1.82, 2.24) is 15.4 Å². The van der Waals surface area contributed by atoms with E-state index in [1.807, 2.05) is 17.0 Å². The minimum Gasteiger partial charge on any atom is -0.733 e. The van der Waals surface area contributed by atoms with Crippen molar-refractivity contribution in [2.24, 2.45) is 0 Å². The van der Waals surface area contributed by atoms with Gasteiger partial charge in [-0.15, -0.1) is 0 Å². The number of urea groups is 1. The molecule has 2 fully saturated rings. The molecule has 0 saturated carbocycles. The number of carbonyl (C=O) groups is 4. The van der Waals surface area contributed by atoms with Crippen molar-refractivity contribution < 1.29 is 33.6 Å². The van der Waals surface area contributed by atoms with E-state index < -0.39 is 23.1 Å². The highest BCUT2D eigenvalue weighted by Gasteiger charge is 2.31.